The minimum absolute atomic E-state index is 0.299. The van der Waals surface area contributed by atoms with Gasteiger partial charge in [0.25, 0.3) is 0 Å². The Balaban J connectivity index is 2.02. The van der Waals surface area contributed by atoms with Crippen molar-refractivity contribution in [3.05, 3.63) is 60.7 Å². The molecule has 0 saturated carbocycles. The molecule has 0 aliphatic heterocycles. The minimum atomic E-state index is -0.299. The fraction of sp³-hybridized carbons (Fsp3) is 0.222. The number of benzene rings is 2. The van der Waals surface area contributed by atoms with E-state index < -0.39 is 0 Å². The summed E-state index contributed by atoms with van der Waals surface area (Å²) in [4.78, 5) is 0. The van der Waals surface area contributed by atoms with Gasteiger partial charge in [-0.1, -0.05) is 0 Å². The van der Waals surface area contributed by atoms with Gasteiger partial charge in [-0.05, 0) is 0 Å². The fourth-order valence-corrected chi connectivity index (χ4v) is 5.62. The van der Waals surface area contributed by atoms with E-state index in [1.807, 2.05) is 16.8 Å². The van der Waals surface area contributed by atoms with Gasteiger partial charge in [-0.2, -0.15) is 0 Å². The number of nitrogens with zero attached hydrogens (tertiary/aromatic N) is 3. The van der Waals surface area contributed by atoms with Gasteiger partial charge in [-0.3, -0.25) is 0 Å². The molecule has 4 heteroatoms. The van der Waals surface area contributed by atoms with Gasteiger partial charge in [0.15, 0.2) is 0 Å². The molecule has 3 rings (SSSR count). The molecule has 0 fully saturated rings. The van der Waals surface area contributed by atoms with E-state index in [0.717, 1.165) is 11.4 Å². The van der Waals surface area contributed by atoms with Crippen LogP contribution in [0.1, 0.15) is 19.8 Å². The molecule has 0 radical (unpaired) electrons. The zero-order chi connectivity index (χ0) is 15.2. The molecule has 0 N–H and O–H groups in total. The van der Waals surface area contributed by atoms with Crippen molar-refractivity contribution < 1.29 is 0 Å². The van der Waals surface area contributed by atoms with Crippen LogP contribution in [0.3, 0.4) is 0 Å². The van der Waals surface area contributed by atoms with Crippen LogP contribution in [0.5, 0.6) is 0 Å². The number of rotatable bonds is 6. The van der Waals surface area contributed by atoms with E-state index in [1.54, 1.807) is 0 Å². The summed E-state index contributed by atoms with van der Waals surface area (Å²) in [6.07, 6.45) is 2.54. The van der Waals surface area contributed by atoms with Crippen molar-refractivity contribution in [2.75, 3.05) is 0 Å². The first kappa shape index (κ1) is 15.3. The van der Waals surface area contributed by atoms with Crippen molar-refractivity contribution in [1.82, 2.24) is 15.0 Å². The number of hydrogen-bond donors (Lipinski definition) is 0. The van der Waals surface area contributed by atoms with Crippen LogP contribution in [0, 0.1) is 0 Å². The van der Waals surface area contributed by atoms with Crippen LogP contribution in [0.15, 0.2) is 60.7 Å². The molecule has 2 aromatic carbocycles. The van der Waals surface area contributed by atoms with E-state index in [-0.39, 0.29) is 20.9 Å². The van der Waals surface area contributed by atoms with Gasteiger partial charge in [0, 0.05) is 0 Å². The topological polar surface area (TPSA) is 30.7 Å². The van der Waals surface area contributed by atoms with Gasteiger partial charge in [0.05, 0.1) is 0 Å². The maximum absolute atomic E-state index is 4.49. The summed E-state index contributed by atoms with van der Waals surface area (Å²) in [5, 5.41) is 8.93. The van der Waals surface area contributed by atoms with E-state index in [2.05, 4.69) is 65.8 Å². The Labute approximate surface area is 141 Å². The van der Waals surface area contributed by atoms with Gasteiger partial charge >= 0.3 is 142 Å². The van der Waals surface area contributed by atoms with E-state index in [1.165, 1.54) is 26.6 Å². The summed E-state index contributed by atoms with van der Waals surface area (Å²) in [6.45, 7) is 2.25. The molecular formula is C18H19N3Te. The summed E-state index contributed by atoms with van der Waals surface area (Å²) in [5.74, 6) is 0. The molecule has 0 aliphatic carbocycles. The average molecular weight is 405 g/mol. The third kappa shape index (κ3) is 3.40. The third-order valence-electron chi connectivity index (χ3n) is 3.41. The number of hydrogen-bond acceptors (Lipinski definition) is 2. The molecule has 112 valence electrons. The van der Waals surface area contributed by atoms with Crippen LogP contribution in [0.25, 0.3) is 16.9 Å². The Hall–Kier alpha value is -1.63. The van der Waals surface area contributed by atoms with Crippen LogP contribution in [0.2, 0.25) is 4.47 Å². The first-order chi connectivity index (χ1) is 10.9. The molecule has 1 heterocycles. The van der Waals surface area contributed by atoms with Gasteiger partial charge < -0.3 is 0 Å². The van der Waals surface area contributed by atoms with Crippen molar-refractivity contribution in [2.24, 2.45) is 0 Å². The molecule has 22 heavy (non-hydrogen) atoms. The van der Waals surface area contributed by atoms with Crippen molar-refractivity contribution >= 4 is 24.7 Å². The number of para-hydroxylation sites is 1. The molecule has 0 atom stereocenters. The van der Waals surface area contributed by atoms with E-state index in [4.69, 9.17) is 0 Å². The van der Waals surface area contributed by atoms with Gasteiger partial charge in [0.1, 0.15) is 0 Å². The molecule has 0 unspecified atom stereocenters. The molecular weight excluding hydrogens is 386 g/mol. The molecule has 3 nitrogen and oxygen atoms in total. The zero-order valence-electron chi connectivity index (χ0n) is 12.6. The second-order valence-corrected chi connectivity index (χ2v) is 8.15. The monoisotopic (exact) mass is 407 g/mol. The fourth-order valence-electron chi connectivity index (χ4n) is 2.23. The second-order valence-electron chi connectivity index (χ2n) is 5.06. The summed E-state index contributed by atoms with van der Waals surface area (Å²) in [5.41, 5.74) is 3.33. The summed E-state index contributed by atoms with van der Waals surface area (Å²) < 4.78 is 4.66. The Kier molecular flexibility index (Phi) is 5.26. The summed E-state index contributed by atoms with van der Waals surface area (Å²) in [6, 6.07) is 20.7. The van der Waals surface area contributed by atoms with E-state index in [0.29, 0.717) is 0 Å². The van der Waals surface area contributed by atoms with Crippen LogP contribution >= 0.6 is 0 Å². The van der Waals surface area contributed by atoms with Crippen molar-refractivity contribution in [3.8, 4) is 16.9 Å². The van der Waals surface area contributed by atoms with E-state index >= 15 is 0 Å². The van der Waals surface area contributed by atoms with E-state index in [9.17, 15) is 0 Å². The predicted molar refractivity (Wildman–Crippen MR) is 91.9 cm³/mol. The molecule has 0 spiro atoms. The van der Waals surface area contributed by atoms with Crippen LogP contribution < -0.4 is 3.74 Å². The van der Waals surface area contributed by atoms with Crippen LogP contribution in [-0.2, 0) is 0 Å². The Morgan fingerprint density at radius 2 is 1.64 bits per heavy atom. The maximum atomic E-state index is 4.49. The Bertz CT molecular complexity index is 651. The zero-order valence-corrected chi connectivity index (χ0v) is 15.0. The number of unbranched alkanes of at least 4 members (excludes halogenated alkanes) is 1. The standard InChI is InChI=1S/C18H19N3Te/c1-2-3-14-22-18-17(15-10-6-4-7-11-15)19-20-21(18)16-12-8-5-9-13-16/h4-13H,2-3,14H2,1H3. The first-order valence-corrected chi connectivity index (χ1v) is 10.4. The van der Waals surface area contributed by atoms with Crippen molar-refractivity contribution in [2.45, 2.75) is 24.2 Å². The normalized spacial score (nSPS) is 10.8. The number of aromatic nitrogens is 3. The van der Waals surface area contributed by atoms with Gasteiger partial charge in [0.2, 0.25) is 0 Å². The second kappa shape index (κ2) is 7.58. The summed E-state index contributed by atoms with van der Waals surface area (Å²) >= 11 is -0.299. The molecule has 0 aliphatic rings. The average Bonchev–Trinajstić information content (AvgIpc) is 3.01. The quantitative estimate of drug-likeness (QED) is 0.465. The molecule has 0 amide bonds. The van der Waals surface area contributed by atoms with Gasteiger partial charge in [-0.25, -0.2) is 0 Å². The van der Waals surface area contributed by atoms with Gasteiger partial charge in [-0.15, -0.1) is 0 Å². The Morgan fingerprint density at radius 1 is 0.955 bits per heavy atom. The molecule has 0 saturated heterocycles. The summed E-state index contributed by atoms with van der Waals surface area (Å²) in [7, 11) is 0. The van der Waals surface area contributed by atoms with Crippen molar-refractivity contribution in [1.29, 1.82) is 0 Å². The molecule has 0 bridgehead atoms. The van der Waals surface area contributed by atoms with Crippen LogP contribution in [0.4, 0.5) is 0 Å². The molecule has 3 aromatic rings. The Morgan fingerprint density at radius 3 is 2.32 bits per heavy atom. The first-order valence-electron chi connectivity index (χ1n) is 7.59. The van der Waals surface area contributed by atoms with Crippen molar-refractivity contribution in [3.63, 3.8) is 0 Å². The molecule has 1 aromatic heterocycles. The van der Waals surface area contributed by atoms with Crippen LogP contribution in [-0.4, -0.2) is 35.9 Å². The third-order valence-corrected chi connectivity index (χ3v) is 6.65. The SMILES string of the molecule is CCCC[Te]c1c(-c2ccccc2)nnn1-c1ccccc1. The predicted octanol–water partition coefficient (Wildman–Crippen LogP) is 3.48.